The maximum absolute atomic E-state index is 11.7. The van der Waals surface area contributed by atoms with Crippen LogP contribution in [0.15, 0.2) is 0 Å². The van der Waals surface area contributed by atoms with Crippen molar-refractivity contribution in [3.63, 3.8) is 0 Å². The predicted octanol–water partition coefficient (Wildman–Crippen LogP) is 1.38. The van der Waals surface area contributed by atoms with Gasteiger partial charge in [-0.05, 0) is 19.3 Å². The maximum Gasteiger partial charge on any atom is 0.311 e. The zero-order chi connectivity index (χ0) is 11.3. The van der Waals surface area contributed by atoms with Crippen LogP contribution in [0.1, 0.15) is 44.9 Å². The van der Waals surface area contributed by atoms with Gasteiger partial charge in [0, 0.05) is 6.42 Å². The first kappa shape index (κ1) is 12.0. The third kappa shape index (κ3) is 2.94. The van der Waals surface area contributed by atoms with Gasteiger partial charge in [-0.15, -0.1) is 0 Å². The lowest BCUT2D eigenvalue weighted by atomic mass is 9.71. The number of carbonyl (C=O) groups is 2. The van der Waals surface area contributed by atoms with Gasteiger partial charge in [0.15, 0.2) is 0 Å². The predicted molar refractivity (Wildman–Crippen MR) is 56.0 cm³/mol. The van der Waals surface area contributed by atoms with Gasteiger partial charge < -0.3 is 10.5 Å². The molecule has 1 saturated carbocycles. The Balaban J connectivity index is 2.66. The van der Waals surface area contributed by atoms with Gasteiger partial charge in [0.05, 0.1) is 12.5 Å². The van der Waals surface area contributed by atoms with E-state index >= 15 is 0 Å². The largest absolute Gasteiger partial charge is 0.469 e. The van der Waals surface area contributed by atoms with Gasteiger partial charge in [-0.2, -0.15) is 0 Å². The highest BCUT2D eigenvalue weighted by atomic mass is 16.5. The van der Waals surface area contributed by atoms with E-state index in [4.69, 9.17) is 10.5 Å². The molecule has 0 unspecified atom stereocenters. The molecule has 0 atom stereocenters. The Morgan fingerprint density at radius 1 is 1.27 bits per heavy atom. The summed E-state index contributed by atoms with van der Waals surface area (Å²) in [4.78, 5) is 22.5. The van der Waals surface area contributed by atoms with E-state index in [-0.39, 0.29) is 18.3 Å². The number of esters is 1. The van der Waals surface area contributed by atoms with Gasteiger partial charge >= 0.3 is 5.97 Å². The molecule has 0 aromatic carbocycles. The number of primary amides is 1. The summed E-state index contributed by atoms with van der Waals surface area (Å²) in [7, 11) is 1.41. The summed E-state index contributed by atoms with van der Waals surface area (Å²) in [6.07, 6.45) is 5.70. The molecular weight excluding hydrogens is 194 g/mol. The molecule has 0 spiro atoms. The van der Waals surface area contributed by atoms with Gasteiger partial charge in [0.1, 0.15) is 0 Å². The zero-order valence-corrected chi connectivity index (χ0v) is 9.25. The van der Waals surface area contributed by atoms with Gasteiger partial charge in [-0.1, -0.05) is 19.3 Å². The molecule has 4 heteroatoms. The molecule has 2 N–H and O–H groups in total. The van der Waals surface area contributed by atoms with E-state index in [0.29, 0.717) is 6.42 Å². The van der Waals surface area contributed by atoms with Crippen molar-refractivity contribution in [3.05, 3.63) is 0 Å². The summed E-state index contributed by atoms with van der Waals surface area (Å²) in [6, 6.07) is 0. The molecule has 0 bridgehead atoms. The highest BCUT2D eigenvalue weighted by Crippen LogP contribution is 2.41. The van der Waals surface area contributed by atoms with Crippen LogP contribution in [0.3, 0.4) is 0 Å². The van der Waals surface area contributed by atoms with Crippen molar-refractivity contribution >= 4 is 11.9 Å². The third-order valence-electron chi connectivity index (χ3n) is 3.28. The van der Waals surface area contributed by atoms with Gasteiger partial charge in [-0.3, -0.25) is 9.59 Å². The van der Waals surface area contributed by atoms with Crippen molar-refractivity contribution in [2.75, 3.05) is 7.11 Å². The average molecular weight is 213 g/mol. The second-order valence-corrected chi connectivity index (χ2v) is 4.30. The van der Waals surface area contributed by atoms with Crippen LogP contribution < -0.4 is 5.73 Å². The lowest BCUT2D eigenvalue weighted by Gasteiger charge is -2.34. The Labute approximate surface area is 90.2 Å². The second-order valence-electron chi connectivity index (χ2n) is 4.30. The molecule has 0 radical (unpaired) electrons. The van der Waals surface area contributed by atoms with Crippen LogP contribution in [0.2, 0.25) is 0 Å². The van der Waals surface area contributed by atoms with Crippen LogP contribution in [0.4, 0.5) is 0 Å². The number of methoxy groups -OCH3 is 1. The van der Waals surface area contributed by atoms with Crippen LogP contribution in [0.25, 0.3) is 0 Å². The molecule has 0 aliphatic heterocycles. The lowest BCUT2D eigenvalue weighted by Crippen LogP contribution is -2.35. The lowest BCUT2D eigenvalue weighted by molar-refractivity contribution is -0.155. The minimum absolute atomic E-state index is 0.177. The summed E-state index contributed by atoms with van der Waals surface area (Å²) < 4.78 is 4.83. The molecule has 4 nitrogen and oxygen atoms in total. The molecule has 1 aliphatic rings. The molecule has 1 aliphatic carbocycles. The summed E-state index contributed by atoms with van der Waals surface area (Å²) in [6.45, 7) is 0. The molecule has 0 heterocycles. The zero-order valence-electron chi connectivity index (χ0n) is 9.25. The summed E-state index contributed by atoms with van der Waals surface area (Å²) in [5, 5.41) is 0. The Bertz CT molecular complexity index is 244. The fourth-order valence-electron chi connectivity index (χ4n) is 2.36. The van der Waals surface area contributed by atoms with Gasteiger partial charge in [0.2, 0.25) is 5.91 Å². The molecule has 1 fully saturated rings. The van der Waals surface area contributed by atoms with Crippen LogP contribution in [0.5, 0.6) is 0 Å². The molecule has 0 aromatic heterocycles. The first-order chi connectivity index (χ1) is 7.10. The van der Waals surface area contributed by atoms with Crippen LogP contribution in [0, 0.1) is 5.41 Å². The molecule has 0 saturated heterocycles. The average Bonchev–Trinajstić information content (AvgIpc) is 2.26. The van der Waals surface area contributed by atoms with E-state index in [9.17, 15) is 9.59 Å². The standard InChI is InChI=1S/C11H19NO3/c1-15-10(14)11(8-5-9(12)13)6-3-2-4-7-11/h2-8H2,1H3,(H2,12,13). The van der Waals surface area contributed by atoms with Crippen LogP contribution >= 0.6 is 0 Å². The maximum atomic E-state index is 11.7. The molecule has 1 amide bonds. The van der Waals surface area contributed by atoms with E-state index in [0.717, 1.165) is 32.1 Å². The van der Waals surface area contributed by atoms with Crippen molar-refractivity contribution in [1.82, 2.24) is 0 Å². The highest BCUT2D eigenvalue weighted by molar-refractivity contribution is 5.79. The number of carbonyl (C=O) groups excluding carboxylic acids is 2. The normalized spacial score (nSPS) is 19.5. The second kappa shape index (κ2) is 5.14. The Morgan fingerprint density at radius 3 is 2.33 bits per heavy atom. The van der Waals surface area contributed by atoms with Crippen molar-refractivity contribution < 1.29 is 14.3 Å². The van der Waals surface area contributed by atoms with Gasteiger partial charge in [0.25, 0.3) is 0 Å². The van der Waals surface area contributed by atoms with Crippen LogP contribution in [-0.2, 0) is 14.3 Å². The number of ether oxygens (including phenoxy) is 1. The topological polar surface area (TPSA) is 69.4 Å². The van der Waals surface area contributed by atoms with Crippen molar-refractivity contribution in [3.8, 4) is 0 Å². The van der Waals surface area contributed by atoms with E-state index in [1.807, 2.05) is 0 Å². The summed E-state index contributed by atoms with van der Waals surface area (Å²) in [5.41, 5.74) is 4.68. The Kier molecular flexibility index (Phi) is 4.12. The van der Waals surface area contributed by atoms with E-state index < -0.39 is 5.41 Å². The highest BCUT2D eigenvalue weighted by Gasteiger charge is 2.40. The third-order valence-corrected chi connectivity index (χ3v) is 3.28. The number of hydrogen-bond donors (Lipinski definition) is 1. The summed E-state index contributed by atoms with van der Waals surface area (Å²) in [5.74, 6) is -0.521. The number of nitrogens with two attached hydrogens (primary N) is 1. The molecule has 86 valence electrons. The summed E-state index contributed by atoms with van der Waals surface area (Å²) >= 11 is 0. The SMILES string of the molecule is COC(=O)C1(CCC(N)=O)CCCCC1. The first-order valence-corrected chi connectivity index (χ1v) is 5.47. The molecule has 1 rings (SSSR count). The molecule has 15 heavy (non-hydrogen) atoms. The van der Waals surface area contributed by atoms with E-state index in [1.165, 1.54) is 7.11 Å². The Hall–Kier alpha value is -1.06. The number of amides is 1. The van der Waals surface area contributed by atoms with Crippen LogP contribution in [-0.4, -0.2) is 19.0 Å². The minimum atomic E-state index is -0.442. The van der Waals surface area contributed by atoms with Gasteiger partial charge in [-0.25, -0.2) is 0 Å². The first-order valence-electron chi connectivity index (χ1n) is 5.47. The van der Waals surface area contributed by atoms with E-state index in [1.54, 1.807) is 0 Å². The van der Waals surface area contributed by atoms with Crippen molar-refractivity contribution in [2.24, 2.45) is 11.1 Å². The Morgan fingerprint density at radius 2 is 1.87 bits per heavy atom. The molecule has 0 aromatic rings. The number of rotatable bonds is 4. The fraction of sp³-hybridized carbons (Fsp3) is 0.818. The quantitative estimate of drug-likeness (QED) is 0.717. The van der Waals surface area contributed by atoms with Crippen molar-refractivity contribution in [2.45, 2.75) is 44.9 Å². The monoisotopic (exact) mass is 213 g/mol. The molecular formula is C11H19NO3. The van der Waals surface area contributed by atoms with E-state index in [2.05, 4.69) is 0 Å². The smallest absolute Gasteiger partial charge is 0.311 e. The number of hydrogen-bond acceptors (Lipinski definition) is 3. The minimum Gasteiger partial charge on any atom is -0.469 e. The fourth-order valence-corrected chi connectivity index (χ4v) is 2.36. The van der Waals surface area contributed by atoms with Crippen molar-refractivity contribution in [1.29, 1.82) is 0 Å².